The number of aliphatic hydroxyl groups is 1. The van der Waals surface area contributed by atoms with Crippen molar-refractivity contribution in [1.82, 2.24) is 0 Å². The molecule has 3 heteroatoms. The second-order valence-corrected chi connectivity index (χ2v) is 4.50. The third-order valence-corrected chi connectivity index (χ3v) is 2.60. The van der Waals surface area contributed by atoms with Crippen LogP contribution in [0, 0.1) is 0 Å². The molecule has 1 N–H and O–H groups in total. The third-order valence-electron chi connectivity index (χ3n) is 2.60. The highest BCUT2D eigenvalue weighted by Crippen LogP contribution is 2.29. The molecule has 0 aliphatic heterocycles. The quantitative estimate of drug-likeness (QED) is 0.828. The highest BCUT2D eigenvalue weighted by molar-refractivity contribution is 5.35. The molecule has 3 nitrogen and oxygen atoms in total. The fraction of sp³-hybridized carbons (Fsp3) is 0.571. The van der Waals surface area contributed by atoms with Gasteiger partial charge in [0.05, 0.1) is 18.3 Å². The van der Waals surface area contributed by atoms with Crippen LogP contribution in [0.4, 0.5) is 0 Å². The molecular weight excluding hydrogens is 216 g/mol. The molecule has 1 aromatic rings. The van der Waals surface area contributed by atoms with Crippen molar-refractivity contribution in [3.63, 3.8) is 0 Å². The molecule has 0 radical (unpaired) electrons. The molecule has 2 atom stereocenters. The van der Waals surface area contributed by atoms with Gasteiger partial charge in [0.1, 0.15) is 5.75 Å². The van der Waals surface area contributed by atoms with Crippen LogP contribution in [0.15, 0.2) is 24.3 Å². The Morgan fingerprint density at radius 2 is 1.82 bits per heavy atom. The summed E-state index contributed by atoms with van der Waals surface area (Å²) in [6.45, 7) is 5.89. The average molecular weight is 238 g/mol. The van der Waals surface area contributed by atoms with Gasteiger partial charge >= 0.3 is 0 Å². The molecule has 1 aromatic carbocycles. The predicted molar refractivity (Wildman–Crippen MR) is 68.3 cm³/mol. The van der Waals surface area contributed by atoms with Gasteiger partial charge in [0.2, 0.25) is 0 Å². The summed E-state index contributed by atoms with van der Waals surface area (Å²) in [6.07, 6.45) is 0.134. The van der Waals surface area contributed by atoms with Crippen LogP contribution < -0.4 is 4.74 Å². The number of aliphatic hydroxyl groups excluding tert-OH is 1. The fourth-order valence-electron chi connectivity index (χ4n) is 1.65. The molecular formula is C14H22O3. The Bertz CT molecular complexity index is 336. The summed E-state index contributed by atoms with van der Waals surface area (Å²) >= 11 is 0. The van der Waals surface area contributed by atoms with Crippen LogP contribution in [0.1, 0.15) is 38.9 Å². The van der Waals surface area contributed by atoms with Crippen molar-refractivity contribution in [3.05, 3.63) is 29.8 Å². The van der Waals surface area contributed by atoms with E-state index in [0.29, 0.717) is 6.42 Å². The van der Waals surface area contributed by atoms with E-state index in [1.165, 1.54) is 0 Å². The average Bonchev–Trinajstić information content (AvgIpc) is 2.28. The summed E-state index contributed by atoms with van der Waals surface area (Å²) in [5.41, 5.74) is 0.824. The lowest BCUT2D eigenvalue weighted by molar-refractivity contribution is 0.0543. The van der Waals surface area contributed by atoms with Crippen molar-refractivity contribution in [2.24, 2.45) is 0 Å². The van der Waals surface area contributed by atoms with Gasteiger partial charge in [-0.15, -0.1) is 0 Å². The first kappa shape index (κ1) is 14.0. The zero-order chi connectivity index (χ0) is 12.8. The van der Waals surface area contributed by atoms with E-state index in [-0.39, 0.29) is 12.2 Å². The van der Waals surface area contributed by atoms with Crippen molar-refractivity contribution in [1.29, 1.82) is 0 Å². The zero-order valence-corrected chi connectivity index (χ0v) is 11.0. The maximum absolute atomic E-state index is 10.2. The highest BCUT2D eigenvalue weighted by atomic mass is 16.5. The Morgan fingerprint density at radius 3 is 2.41 bits per heavy atom. The molecule has 0 fully saturated rings. The van der Waals surface area contributed by atoms with Gasteiger partial charge in [-0.3, -0.25) is 0 Å². The molecule has 0 bridgehead atoms. The largest absolute Gasteiger partial charge is 0.491 e. The number of hydrogen-bond acceptors (Lipinski definition) is 3. The lowest BCUT2D eigenvalue weighted by Gasteiger charge is -2.20. The van der Waals surface area contributed by atoms with Gasteiger partial charge in [-0.1, -0.05) is 18.2 Å². The predicted octanol–water partition coefficient (Wildman–Crippen LogP) is 2.93. The summed E-state index contributed by atoms with van der Waals surface area (Å²) in [5, 5.41) is 10.2. The summed E-state index contributed by atoms with van der Waals surface area (Å²) in [6, 6.07) is 7.59. The maximum atomic E-state index is 10.2. The lowest BCUT2D eigenvalue weighted by Crippen LogP contribution is -2.13. The van der Waals surface area contributed by atoms with E-state index < -0.39 is 6.10 Å². The van der Waals surface area contributed by atoms with Crippen molar-refractivity contribution in [2.75, 3.05) is 7.11 Å². The van der Waals surface area contributed by atoms with Gasteiger partial charge in [0.15, 0.2) is 0 Å². The molecule has 0 heterocycles. The fourth-order valence-corrected chi connectivity index (χ4v) is 1.65. The number of methoxy groups -OCH3 is 1. The Labute approximate surface area is 103 Å². The first-order chi connectivity index (χ1) is 8.04. The summed E-state index contributed by atoms with van der Waals surface area (Å²) in [5.74, 6) is 0.748. The molecule has 2 unspecified atom stereocenters. The Morgan fingerprint density at radius 1 is 1.18 bits per heavy atom. The molecule has 0 aromatic heterocycles. The monoisotopic (exact) mass is 238 g/mol. The SMILES string of the molecule is COC(C)CC(O)c1ccccc1OC(C)C. The Balaban J connectivity index is 2.81. The van der Waals surface area contributed by atoms with Crippen molar-refractivity contribution in [3.8, 4) is 5.75 Å². The van der Waals surface area contributed by atoms with E-state index >= 15 is 0 Å². The first-order valence-electron chi connectivity index (χ1n) is 6.01. The van der Waals surface area contributed by atoms with E-state index in [9.17, 15) is 5.11 Å². The maximum Gasteiger partial charge on any atom is 0.125 e. The zero-order valence-electron chi connectivity index (χ0n) is 11.0. The number of benzene rings is 1. The molecule has 0 saturated carbocycles. The Kier molecular flexibility index (Phi) is 5.45. The van der Waals surface area contributed by atoms with Crippen molar-refractivity contribution in [2.45, 2.75) is 45.5 Å². The summed E-state index contributed by atoms with van der Waals surface area (Å²) in [4.78, 5) is 0. The van der Waals surface area contributed by atoms with E-state index in [4.69, 9.17) is 9.47 Å². The number of hydrogen-bond donors (Lipinski definition) is 1. The van der Waals surface area contributed by atoms with Crippen molar-refractivity contribution < 1.29 is 14.6 Å². The van der Waals surface area contributed by atoms with E-state index in [1.54, 1.807) is 7.11 Å². The lowest BCUT2D eigenvalue weighted by atomic mass is 10.0. The topological polar surface area (TPSA) is 38.7 Å². The standard InChI is InChI=1S/C14H22O3/c1-10(2)17-14-8-6-5-7-12(14)13(15)9-11(3)16-4/h5-8,10-11,13,15H,9H2,1-4H3. The molecule has 17 heavy (non-hydrogen) atoms. The molecule has 0 saturated heterocycles. The molecule has 1 rings (SSSR count). The third kappa shape index (κ3) is 4.36. The molecule has 0 aliphatic carbocycles. The van der Waals surface area contributed by atoms with Crippen LogP contribution in [0.3, 0.4) is 0 Å². The van der Waals surface area contributed by atoms with E-state index in [2.05, 4.69) is 0 Å². The van der Waals surface area contributed by atoms with Gasteiger partial charge in [-0.2, -0.15) is 0 Å². The van der Waals surface area contributed by atoms with E-state index in [1.807, 2.05) is 45.0 Å². The van der Waals surface area contributed by atoms with Crippen LogP contribution in [-0.4, -0.2) is 24.4 Å². The summed E-state index contributed by atoms with van der Waals surface area (Å²) in [7, 11) is 1.65. The number of para-hydroxylation sites is 1. The molecule has 0 amide bonds. The van der Waals surface area contributed by atoms with Crippen LogP contribution in [0.25, 0.3) is 0 Å². The minimum absolute atomic E-state index is 0.0251. The molecule has 96 valence electrons. The Hall–Kier alpha value is -1.06. The van der Waals surface area contributed by atoms with Crippen LogP contribution in [0.5, 0.6) is 5.75 Å². The molecule has 0 spiro atoms. The van der Waals surface area contributed by atoms with Crippen LogP contribution in [0.2, 0.25) is 0 Å². The highest BCUT2D eigenvalue weighted by Gasteiger charge is 2.16. The normalized spacial score (nSPS) is 14.7. The van der Waals surface area contributed by atoms with Gasteiger partial charge < -0.3 is 14.6 Å². The number of ether oxygens (including phenoxy) is 2. The van der Waals surface area contributed by atoms with E-state index in [0.717, 1.165) is 11.3 Å². The van der Waals surface area contributed by atoms with Gasteiger partial charge in [0, 0.05) is 19.1 Å². The second-order valence-electron chi connectivity index (χ2n) is 4.50. The number of rotatable bonds is 6. The minimum atomic E-state index is -0.556. The summed E-state index contributed by atoms with van der Waals surface area (Å²) < 4.78 is 10.8. The van der Waals surface area contributed by atoms with Crippen molar-refractivity contribution >= 4 is 0 Å². The van der Waals surface area contributed by atoms with Crippen LogP contribution in [-0.2, 0) is 4.74 Å². The van der Waals surface area contributed by atoms with Gasteiger partial charge in [0.25, 0.3) is 0 Å². The first-order valence-corrected chi connectivity index (χ1v) is 6.01. The minimum Gasteiger partial charge on any atom is -0.491 e. The van der Waals surface area contributed by atoms with Crippen LogP contribution >= 0.6 is 0 Å². The molecule has 0 aliphatic rings. The second kappa shape index (κ2) is 6.62. The van der Waals surface area contributed by atoms with Gasteiger partial charge in [-0.05, 0) is 26.8 Å². The smallest absolute Gasteiger partial charge is 0.125 e. The van der Waals surface area contributed by atoms with Gasteiger partial charge in [-0.25, -0.2) is 0 Å².